The molecule has 1 aromatic rings. The number of hydrogen-bond acceptors (Lipinski definition) is 3. The predicted molar refractivity (Wildman–Crippen MR) is 70.3 cm³/mol. The molecule has 0 aliphatic heterocycles. The van der Waals surface area contributed by atoms with Gasteiger partial charge in [-0.3, -0.25) is 0 Å². The molecule has 0 bridgehead atoms. The van der Waals surface area contributed by atoms with Crippen molar-refractivity contribution in [3.05, 3.63) is 29.8 Å². The number of ether oxygens (including phenoxy) is 1. The van der Waals surface area contributed by atoms with Crippen molar-refractivity contribution in [1.29, 1.82) is 0 Å². The van der Waals surface area contributed by atoms with E-state index >= 15 is 0 Å². The third kappa shape index (κ3) is 4.02. The fraction of sp³-hybridized carbons (Fsp3) is 0.571. The van der Waals surface area contributed by atoms with Crippen molar-refractivity contribution in [2.24, 2.45) is 5.92 Å². The first kappa shape index (κ1) is 14.0. The number of methoxy groups -OCH3 is 1. The minimum atomic E-state index is 0.132. The fourth-order valence-electron chi connectivity index (χ4n) is 1.77. The Kier molecular flexibility index (Phi) is 5.45. The van der Waals surface area contributed by atoms with E-state index in [0.29, 0.717) is 5.92 Å². The number of nitrogens with one attached hydrogen (secondary N) is 1. The monoisotopic (exact) mass is 237 g/mol. The van der Waals surface area contributed by atoms with Crippen molar-refractivity contribution in [2.45, 2.75) is 32.9 Å². The molecular formula is C14H23NO2. The van der Waals surface area contributed by atoms with Crippen LogP contribution in [0.25, 0.3) is 0 Å². The fourth-order valence-corrected chi connectivity index (χ4v) is 1.77. The van der Waals surface area contributed by atoms with Gasteiger partial charge in [-0.15, -0.1) is 0 Å². The molecule has 96 valence electrons. The van der Waals surface area contributed by atoms with Crippen LogP contribution in [0.15, 0.2) is 24.3 Å². The molecule has 0 aliphatic rings. The van der Waals surface area contributed by atoms with Gasteiger partial charge in [0, 0.05) is 12.1 Å². The molecule has 3 heteroatoms. The maximum atomic E-state index is 9.29. The molecule has 1 unspecified atom stereocenters. The second kappa shape index (κ2) is 6.62. The van der Waals surface area contributed by atoms with E-state index < -0.39 is 0 Å². The maximum Gasteiger partial charge on any atom is 0.118 e. The summed E-state index contributed by atoms with van der Waals surface area (Å²) in [6.07, 6.45) is 0. The molecular weight excluding hydrogens is 214 g/mol. The molecule has 0 amide bonds. The molecule has 0 saturated heterocycles. The highest BCUT2D eigenvalue weighted by molar-refractivity contribution is 5.28. The number of aliphatic hydroxyl groups is 1. The molecule has 0 radical (unpaired) electrons. The first-order chi connectivity index (χ1) is 8.08. The number of benzene rings is 1. The van der Waals surface area contributed by atoms with Crippen molar-refractivity contribution >= 4 is 0 Å². The summed E-state index contributed by atoms with van der Waals surface area (Å²) in [5.74, 6) is 1.28. The standard InChI is InChI=1S/C14H23NO2/c1-10(2)14(9-16)15-11(3)12-5-7-13(17-4)8-6-12/h5-8,10-11,14-16H,9H2,1-4H3/t11?,14-/m1/s1. The van der Waals surface area contributed by atoms with Crippen LogP contribution in [0, 0.1) is 5.92 Å². The zero-order valence-electron chi connectivity index (χ0n) is 11.1. The van der Waals surface area contributed by atoms with Crippen LogP contribution >= 0.6 is 0 Å². The van der Waals surface area contributed by atoms with E-state index in [1.54, 1.807) is 7.11 Å². The summed E-state index contributed by atoms with van der Waals surface area (Å²) in [7, 11) is 1.66. The Bertz CT molecular complexity index is 321. The van der Waals surface area contributed by atoms with Gasteiger partial charge in [-0.2, -0.15) is 0 Å². The van der Waals surface area contributed by atoms with Crippen LogP contribution in [-0.2, 0) is 0 Å². The van der Waals surface area contributed by atoms with E-state index in [1.807, 2.05) is 24.3 Å². The van der Waals surface area contributed by atoms with Crippen LogP contribution in [0.5, 0.6) is 5.75 Å². The van der Waals surface area contributed by atoms with E-state index in [2.05, 4.69) is 26.1 Å². The third-order valence-corrected chi connectivity index (χ3v) is 3.08. The molecule has 17 heavy (non-hydrogen) atoms. The van der Waals surface area contributed by atoms with Crippen LogP contribution in [0.2, 0.25) is 0 Å². The van der Waals surface area contributed by atoms with Crippen molar-refractivity contribution in [2.75, 3.05) is 13.7 Å². The second-order valence-corrected chi connectivity index (χ2v) is 4.69. The lowest BCUT2D eigenvalue weighted by Gasteiger charge is -2.25. The highest BCUT2D eigenvalue weighted by Crippen LogP contribution is 2.18. The average Bonchev–Trinajstić information content (AvgIpc) is 2.35. The summed E-state index contributed by atoms with van der Waals surface area (Å²) in [5.41, 5.74) is 1.20. The summed E-state index contributed by atoms with van der Waals surface area (Å²) >= 11 is 0. The van der Waals surface area contributed by atoms with Crippen LogP contribution < -0.4 is 10.1 Å². The van der Waals surface area contributed by atoms with Crippen molar-refractivity contribution in [1.82, 2.24) is 5.32 Å². The van der Waals surface area contributed by atoms with Crippen LogP contribution in [-0.4, -0.2) is 24.9 Å². The van der Waals surface area contributed by atoms with E-state index in [-0.39, 0.29) is 18.7 Å². The summed E-state index contributed by atoms with van der Waals surface area (Å²) < 4.78 is 5.13. The van der Waals surface area contributed by atoms with Gasteiger partial charge in [0.1, 0.15) is 5.75 Å². The van der Waals surface area contributed by atoms with Crippen molar-refractivity contribution < 1.29 is 9.84 Å². The van der Waals surface area contributed by atoms with Gasteiger partial charge in [-0.05, 0) is 30.5 Å². The van der Waals surface area contributed by atoms with Gasteiger partial charge in [0.05, 0.1) is 13.7 Å². The Balaban J connectivity index is 2.65. The van der Waals surface area contributed by atoms with Gasteiger partial charge in [-0.25, -0.2) is 0 Å². The van der Waals surface area contributed by atoms with E-state index in [0.717, 1.165) is 5.75 Å². The van der Waals surface area contributed by atoms with Crippen molar-refractivity contribution in [3.8, 4) is 5.75 Å². The Morgan fingerprint density at radius 3 is 2.18 bits per heavy atom. The number of hydrogen-bond donors (Lipinski definition) is 2. The summed E-state index contributed by atoms with van der Waals surface area (Å²) in [6.45, 7) is 6.48. The molecule has 3 nitrogen and oxygen atoms in total. The highest BCUT2D eigenvalue weighted by atomic mass is 16.5. The van der Waals surface area contributed by atoms with E-state index in [1.165, 1.54) is 5.56 Å². The first-order valence-corrected chi connectivity index (χ1v) is 6.09. The highest BCUT2D eigenvalue weighted by Gasteiger charge is 2.15. The summed E-state index contributed by atoms with van der Waals surface area (Å²) in [6, 6.07) is 8.36. The van der Waals surface area contributed by atoms with Gasteiger partial charge in [0.25, 0.3) is 0 Å². The molecule has 0 fully saturated rings. The topological polar surface area (TPSA) is 41.5 Å². The van der Waals surface area contributed by atoms with Gasteiger partial charge < -0.3 is 15.2 Å². The van der Waals surface area contributed by atoms with Gasteiger partial charge in [-0.1, -0.05) is 26.0 Å². The van der Waals surface area contributed by atoms with E-state index in [9.17, 15) is 5.11 Å². The Hall–Kier alpha value is -1.06. The Morgan fingerprint density at radius 2 is 1.76 bits per heavy atom. The summed E-state index contributed by atoms with van der Waals surface area (Å²) in [5, 5.41) is 12.7. The minimum Gasteiger partial charge on any atom is -0.497 e. The van der Waals surface area contributed by atoms with Crippen LogP contribution in [0.3, 0.4) is 0 Å². The molecule has 0 heterocycles. The molecule has 2 atom stereocenters. The lowest BCUT2D eigenvalue weighted by atomic mass is 10.0. The molecule has 0 aromatic heterocycles. The van der Waals surface area contributed by atoms with Crippen LogP contribution in [0.1, 0.15) is 32.4 Å². The minimum absolute atomic E-state index is 0.132. The average molecular weight is 237 g/mol. The summed E-state index contributed by atoms with van der Waals surface area (Å²) in [4.78, 5) is 0. The third-order valence-electron chi connectivity index (χ3n) is 3.08. The molecule has 0 aliphatic carbocycles. The maximum absolute atomic E-state index is 9.29. The zero-order valence-corrected chi connectivity index (χ0v) is 11.1. The van der Waals surface area contributed by atoms with E-state index in [4.69, 9.17) is 4.74 Å². The lowest BCUT2D eigenvalue weighted by Crippen LogP contribution is -2.38. The Morgan fingerprint density at radius 1 is 1.18 bits per heavy atom. The largest absolute Gasteiger partial charge is 0.497 e. The molecule has 0 saturated carbocycles. The van der Waals surface area contributed by atoms with Crippen LogP contribution in [0.4, 0.5) is 0 Å². The molecule has 1 rings (SSSR count). The quantitative estimate of drug-likeness (QED) is 0.798. The number of aliphatic hydroxyl groups excluding tert-OH is 1. The lowest BCUT2D eigenvalue weighted by molar-refractivity contribution is 0.201. The van der Waals surface area contributed by atoms with Gasteiger partial charge >= 0.3 is 0 Å². The predicted octanol–water partition coefficient (Wildman–Crippen LogP) is 2.36. The normalized spacial score (nSPS) is 14.7. The van der Waals surface area contributed by atoms with Crippen molar-refractivity contribution in [3.63, 3.8) is 0 Å². The molecule has 0 spiro atoms. The first-order valence-electron chi connectivity index (χ1n) is 6.09. The number of rotatable bonds is 6. The van der Waals surface area contributed by atoms with Gasteiger partial charge in [0.15, 0.2) is 0 Å². The smallest absolute Gasteiger partial charge is 0.118 e. The second-order valence-electron chi connectivity index (χ2n) is 4.69. The zero-order chi connectivity index (χ0) is 12.8. The SMILES string of the molecule is COc1ccc(C(C)N[C@H](CO)C(C)C)cc1. The molecule has 2 N–H and O–H groups in total. The van der Waals surface area contributed by atoms with Gasteiger partial charge in [0.2, 0.25) is 0 Å². The molecule has 1 aromatic carbocycles. The Labute approximate surface area is 104 Å².